The highest BCUT2D eigenvalue weighted by Crippen LogP contribution is 2.33. The van der Waals surface area contributed by atoms with Crippen molar-refractivity contribution in [2.75, 3.05) is 38.9 Å². The maximum atomic E-state index is 13.3. The van der Waals surface area contributed by atoms with Gasteiger partial charge in [-0.05, 0) is 75.6 Å². The van der Waals surface area contributed by atoms with E-state index in [0.717, 1.165) is 35.4 Å². The van der Waals surface area contributed by atoms with E-state index in [1.165, 1.54) is 6.08 Å². The van der Waals surface area contributed by atoms with Crippen molar-refractivity contribution < 1.29 is 46.5 Å². The molecular weight excluding hydrogens is 723 g/mol. The van der Waals surface area contributed by atoms with Crippen LogP contribution in [-0.2, 0) is 46.9 Å². The summed E-state index contributed by atoms with van der Waals surface area (Å²) in [4.78, 5) is 39.2. The van der Waals surface area contributed by atoms with E-state index in [-0.39, 0.29) is 56.9 Å². The molecule has 0 radical (unpaired) electrons. The summed E-state index contributed by atoms with van der Waals surface area (Å²) >= 11 is 0. The average Bonchev–Trinajstić information content (AvgIpc) is 3.17. The number of halogens is 3. The second-order valence-electron chi connectivity index (χ2n) is 13.0. The zero-order valence-corrected chi connectivity index (χ0v) is 33.4. The van der Waals surface area contributed by atoms with Crippen LogP contribution >= 0.6 is 0 Å². The van der Waals surface area contributed by atoms with Crippen molar-refractivity contribution in [1.29, 1.82) is 0 Å². The first-order valence-corrected chi connectivity index (χ1v) is 18.8. The first kappa shape index (κ1) is 47.0. The lowest BCUT2D eigenvalue weighted by Gasteiger charge is -2.27. The van der Waals surface area contributed by atoms with E-state index in [2.05, 4.69) is 16.6 Å². The molecule has 0 aliphatic rings. The number of ether oxygens (including phenoxy) is 4. The summed E-state index contributed by atoms with van der Waals surface area (Å²) in [5, 5.41) is 2.90. The molecule has 0 aliphatic heterocycles. The molecule has 0 spiro atoms. The Morgan fingerprint density at radius 3 is 2.14 bits per heavy atom. The molecule has 304 valence electrons. The van der Waals surface area contributed by atoms with Gasteiger partial charge >= 0.3 is 18.1 Å². The van der Waals surface area contributed by atoms with Crippen LogP contribution in [0.1, 0.15) is 82.1 Å². The summed E-state index contributed by atoms with van der Waals surface area (Å²) in [6.45, 7) is 14.0. The highest BCUT2D eigenvalue weighted by molar-refractivity contribution is 5.94. The molecule has 0 bridgehead atoms. The van der Waals surface area contributed by atoms with Gasteiger partial charge in [-0.25, -0.2) is 0 Å². The Labute approximate surface area is 329 Å². The molecule has 56 heavy (non-hydrogen) atoms. The number of nitrogens with one attached hydrogen (secondary N) is 1. The summed E-state index contributed by atoms with van der Waals surface area (Å²) < 4.78 is 61.1. The van der Waals surface area contributed by atoms with E-state index in [1.54, 1.807) is 51.3 Å². The predicted molar refractivity (Wildman–Crippen MR) is 215 cm³/mol. The quantitative estimate of drug-likeness (QED) is 0.0528. The number of allylic oxidation sites excluding steroid dienone is 5. The van der Waals surface area contributed by atoms with Crippen molar-refractivity contribution >= 4 is 23.5 Å². The maximum absolute atomic E-state index is 13.3. The van der Waals surface area contributed by atoms with Gasteiger partial charge in [0, 0.05) is 24.9 Å². The van der Waals surface area contributed by atoms with E-state index in [0.29, 0.717) is 29.8 Å². The number of hydrogen-bond acceptors (Lipinski definition) is 7. The van der Waals surface area contributed by atoms with Crippen LogP contribution < -0.4 is 10.1 Å². The normalized spacial score (nSPS) is 13.1. The van der Waals surface area contributed by atoms with Crippen molar-refractivity contribution in [3.8, 4) is 5.75 Å². The minimum Gasteiger partial charge on any atom is -0.491 e. The average molecular weight is 780 g/mol. The maximum Gasteiger partial charge on any atom is 0.412 e. The van der Waals surface area contributed by atoms with Gasteiger partial charge in [-0.1, -0.05) is 105 Å². The lowest BCUT2D eigenvalue weighted by atomic mass is 9.78. The Morgan fingerprint density at radius 2 is 1.52 bits per heavy atom. The monoisotopic (exact) mass is 779 g/mol. The summed E-state index contributed by atoms with van der Waals surface area (Å²) in [7, 11) is 1.68. The molecule has 2 unspecified atom stereocenters. The minimum atomic E-state index is -4.45. The summed E-state index contributed by atoms with van der Waals surface area (Å²) in [6, 6.07) is 21.8. The number of alkyl halides is 3. The summed E-state index contributed by atoms with van der Waals surface area (Å²) in [5.74, 6) is -1.06. The first-order valence-electron chi connectivity index (χ1n) is 18.8. The molecule has 8 nitrogen and oxygen atoms in total. The van der Waals surface area contributed by atoms with Gasteiger partial charge in [0.1, 0.15) is 5.75 Å². The molecule has 0 fully saturated rings. The van der Waals surface area contributed by atoms with E-state index < -0.39 is 23.1 Å². The second kappa shape index (κ2) is 24.4. The fourth-order valence-electron chi connectivity index (χ4n) is 5.85. The van der Waals surface area contributed by atoms with Crippen LogP contribution in [0, 0.1) is 0 Å². The molecule has 3 aromatic rings. The van der Waals surface area contributed by atoms with E-state index in [9.17, 15) is 27.6 Å². The molecule has 0 aromatic heterocycles. The van der Waals surface area contributed by atoms with Crippen LogP contribution in [0.3, 0.4) is 0 Å². The molecule has 1 amide bonds. The number of rotatable bonds is 20. The van der Waals surface area contributed by atoms with Gasteiger partial charge in [-0.15, -0.1) is 0 Å². The fraction of sp³-hybridized carbons (Fsp3) is 0.400. The summed E-state index contributed by atoms with van der Waals surface area (Å²) in [6.07, 6.45) is 1.25. The third-order valence-corrected chi connectivity index (χ3v) is 8.85. The molecule has 1 N–H and O–H groups in total. The van der Waals surface area contributed by atoms with E-state index >= 15 is 0 Å². The molecule has 3 rings (SSSR count). The highest BCUT2D eigenvalue weighted by Gasteiger charge is 2.36. The third-order valence-electron chi connectivity index (χ3n) is 8.85. The van der Waals surface area contributed by atoms with Gasteiger partial charge in [0.25, 0.3) is 0 Å². The Bertz CT molecular complexity index is 1750. The number of benzene rings is 3. The molecule has 11 heteroatoms. The van der Waals surface area contributed by atoms with Gasteiger partial charge < -0.3 is 24.3 Å². The van der Waals surface area contributed by atoms with Crippen molar-refractivity contribution in [2.24, 2.45) is 0 Å². The van der Waals surface area contributed by atoms with Crippen LogP contribution in [0.2, 0.25) is 0 Å². The van der Waals surface area contributed by atoms with Crippen LogP contribution in [0.4, 0.5) is 18.9 Å². The van der Waals surface area contributed by atoms with Gasteiger partial charge in [-0.2, -0.15) is 13.2 Å². The SMILES string of the molecule is C=C/C=C(\C/C=C\C(C)c1ccccc1CC(=O)Nc1cccc(CC(=O)OCCCC(C)(C(=O)OCC)c2ccccc2)c1OCC)C(F)(F)F.CCOC. The number of anilines is 1. The Morgan fingerprint density at radius 1 is 0.857 bits per heavy atom. The first-order chi connectivity index (χ1) is 26.7. The van der Waals surface area contributed by atoms with E-state index in [1.807, 2.05) is 69.3 Å². The van der Waals surface area contributed by atoms with Crippen LogP contribution in [-0.4, -0.2) is 57.6 Å². The molecule has 2 atom stereocenters. The zero-order valence-electron chi connectivity index (χ0n) is 33.4. The standard InChI is InChI=1S/C42H48F3NO6.C3H8O/c1-6-17-34(42(43,44)45)23-14-18-30(4)35-24-13-12-19-31(35)28-37(47)46-36-25-15-20-32(39(36)50-7-2)29-38(48)52-27-16-26-41(5,40(49)51-8-3)33-21-10-9-11-22-33;1-3-4-2/h6,9-15,17-22,24-25,30H,1,7-8,16,23,26-29H2,2-5H3,(H,46,47);3H2,1-2H3/b18-14-,34-17+;. The van der Waals surface area contributed by atoms with Gasteiger partial charge in [-0.3, -0.25) is 14.4 Å². The fourth-order valence-corrected chi connectivity index (χ4v) is 5.85. The van der Waals surface area contributed by atoms with Crippen LogP contribution in [0.15, 0.2) is 109 Å². The zero-order chi connectivity index (χ0) is 41.6. The molecule has 0 aliphatic carbocycles. The lowest BCUT2D eigenvalue weighted by Crippen LogP contribution is -2.35. The lowest BCUT2D eigenvalue weighted by molar-refractivity contribution is -0.150. The number of amides is 1. The Balaban J connectivity index is 0.00000258. The predicted octanol–water partition coefficient (Wildman–Crippen LogP) is 10.0. The number of carbonyl (C=O) groups excluding carboxylic acids is 3. The Hall–Kier alpha value is -5.16. The number of para-hydroxylation sites is 1. The molecule has 0 heterocycles. The molecule has 0 saturated heterocycles. The smallest absolute Gasteiger partial charge is 0.412 e. The number of hydrogen-bond donors (Lipinski definition) is 1. The topological polar surface area (TPSA) is 100 Å². The number of carbonyl (C=O) groups is 3. The van der Waals surface area contributed by atoms with Crippen molar-refractivity contribution in [1.82, 2.24) is 0 Å². The van der Waals surface area contributed by atoms with Crippen molar-refractivity contribution in [2.45, 2.75) is 84.2 Å². The van der Waals surface area contributed by atoms with Gasteiger partial charge in [0.15, 0.2) is 0 Å². The Kier molecular flexibility index (Phi) is 20.5. The molecule has 3 aromatic carbocycles. The number of esters is 2. The second-order valence-corrected chi connectivity index (χ2v) is 13.0. The highest BCUT2D eigenvalue weighted by atomic mass is 19.4. The van der Waals surface area contributed by atoms with E-state index in [4.69, 9.17) is 14.2 Å². The van der Waals surface area contributed by atoms with Crippen LogP contribution in [0.5, 0.6) is 5.75 Å². The van der Waals surface area contributed by atoms with Crippen LogP contribution in [0.25, 0.3) is 0 Å². The molecule has 0 saturated carbocycles. The van der Waals surface area contributed by atoms with Gasteiger partial charge in [0.2, 0.25) is 5.91 Å². The van der Waals surface area contributed by atoms with Gasteiger partial charge in [0.05, 0.1) is 43.8 Å². The van der Waals surface area contributed by atoms with Crippen molar-refractivity contribution in [3.63, 3.8) is 0 Å². The summed E-state index contributed by atoms with van der Waals surface area (Å²) in [5.41, 5.74) is 1.69. The largest absolute Gasteiger partial charge is 0.491 e. The molecular formula is C45H56F3NO7. The third kappa shape index (κ3) is 15.2. The van der Waals surface area contributed by atoms with Crippen molar-refractivity contribution in [3.05, 3.63) is 132 Å². The minimum absolute atomic E-state index is 0.00402. The number of methoxy groups -OCH3 is 1.